The van der Waals surface area contributed by atoms with E-state index in [2.05, 4.69) is 11.4 Å². The summed E-state index contributed by atoms with van der Waals surface area (Å²) in [5.74, 6) is 0.883. The van der Waals surface area contributed by atoms with Crippen molar-refractivity contribution in [1.29, 1.82) is 0 Å². The van der Waals surface area contributed by atoms with Crippen LogP contribution in [-0.4, -0.2) is 28.3 Å². The molecular weight excluding hydrogens is 434 g/mol. The van der Waals surface area contributed by atoms with Gasteiger partial charge in [0.25, 0.3) is 5.56 Å². The number of carbonyl (C=O) groups is 1. The molecule has 1 aliphatic carbocycles. The lowest BCUT2D eigenvalue weighted by molar-refractivity contribution is -0.118. The first-order valence-electron chi connectivity index (χ1n) is 11.3. The minimum Gasteiger partial charge on any atom is -0.497 e. The molecule has 0 unspecified atom stereocenters. The van der Waals surface area contributed by atoms with Crippen molar-refractivity contribution in [1.82, 2.24) is 14.9 Å². The van der Waals surface area contributed by atoms with Crippen molar-refractivity contribution < 1.29 is 9.53 Å². The average Bonchev–Trinajstić information content (AvgIpc) is 2.86. The maximum atomic E-state index is 13.2. The topological polar surface area (TPSA) is 73.2 Å². The molecular formula is C26H29N3O3S. The molecule has 1 N–H and O–H groups in total. The smallest absolute Gasteiger partial charge is 0.262 e. The van der Waals surface area contributed by atoms with E-state index in [0.29, 0.717) is 29.1 Å². The number of rotatable bonds is 9. The highest BCUT2D eigenvalue weighted by atomic mass is 32.2. The molecule has 33 heavy (non-hydrogen) atoms. The number of benzene rings is 2. The Hall–Kier alpha value is -3.06. The summed E-state index contributed by atoms with van der Waals surface area (Å²) in [6.45, 7) is 1.02. The van der Waals surface area contributed by atoms with Crippen LogP contribution in [0.25, 0.3) is 10.9 Å². The van der Waals surface area contributed by atoms with E-state index in [1.54, 1.807) is 11.7 Å². The van der Waals surface area contributed by atoms with Gasteiger partial charge in [-0.05, 0) is 61.9 Å². The van der Waals surface area contributed by atoms with Gasteiger partial charge < -0.3 is 10.1 Å². The molecule has 2 aromatic carbocycles. The number of hydrogen-bond acceptors (Lipinski definition) is 5. The van der Waals surface area contributed by atoms with E-state index in [1.165, 1.54) is 30.2 Å². The van der Waals surface area contributed by atoms with Gasteiger partial charge in [0, 0.05) is 13.1 Å². The summed E-state index contributed by atoms with van der Waals surface area (Å²) in [4.78, 5) is 30.4. The van der Waals surface area contributed by atoms with Crippen LogP contribution in [0.5, 0.6) is 5.75 Å². The Morgan fingerprint density at radius 3 is 2.73 bits per heavy atom. The maximum Gasteiger partial charge on any atom is 0.262 e. The fraction of sp³-hybridized carbons (Fsp3) is 0.346. The van der Waals surface area contributed by atoms with Gasteiger partial charge in [-0.2, -0.15) is 0 Å². The predicted octanol–water partition coefficient (Wildman–Crippen LogP) is 4.70. The number of methoxy groups -OCH3 is 1. The molecule has 4 rings (SSSR count). The van der Waals surface area contributed by atoms with Crippen molar-refractivity contribution >= 4 is 28.6 Å². The van der Waals surface area contributed by atoms with Crippen molar-refractivity contribution in [2.45, 2.75) is 50.4 Å². The Balaban J connectivity index is 1.45. The van der Waals surface area contributed by atoms with Gasteiger partial charge in [0.05, 0.1) is 23.8 Å². The molecule has 0 saturated carbocycles. The lowest BCUT2D eigenvalue weighted by atomic mass is 9.97. The summed E-state index contributed by atoms with van der Waals surface area (Å²) in [6.07, 6.45) is 7.84. The van der Waals surface area contributed by atoms with Gasteiger partial charge in [0.2, 0.25) is 5.91 Å². The number of thioether (sulfide) groups is 1. The normalized spacial score (nSPS) is 13.5. The summed E-state index contributed by atoms with van der Waals surface area (Å²) in [6, 6.07) is 15.0. The molecule has 0 saturated heterocycles. The van der Waals surface area contributed by atoms with Crippen molar-refractivity contribution in [2.24, 2.45) is 0 Å². The van der Waals surface area contributed by atoms with Crippen LogP contribution < -0.4 is 15.6 Å². The molecule has 7 heteroatoms. The first-order chi connectivity index (χ1) is 16.1. The van der Waals surface area contributed by atoms with Crippen molar-refractivity contribution in [3.63, 3.8) is 0 Å². The van der Waals surface area contributed by atoms with Crippen molar-refractivity contribution in [3.05, 3.63) is 76.1 Å². The lowest BCUT2D eigenvalue weighted by Crippen LogP contribution is -2.27. The fourth-order valence-electron chi connectivity index (χ4n) is 3.97. The van der Waals surface area contributed by atoms with Gasteiger partial charge >= 0.3 is 0 Å². The van der Waals surface area contributed by atoms with E-state index in [-0.39, 0.29) is 17.2 Å². The monoisotopic (exact) mass is 463 g/mol. The van der Waals surface area contributed by atoms with E-state index in [9.17, 15) is 9.59 Å². The number of ether oxygens (including phenoxy) is 1. The van der Waals surface area contributed by atoms with Gasteiger partial charge in [0.1, 0.15) is 5.75 Å². The summed E-state index contributed by atoms with van der Waals surface area (Å²) < 4.78 is 6.90. The Morgan fingerprint density at radius 1 is 1.15 bits per heavy atom. The van der Waals surface area contributed by atoms with Gasteiger partial charge in [-0.3, -0.25) is 14.2 Å². The second kappa shape index (κ2) is 11.2. The molecule has 1 aliphatic rings. The molecule has 1 heterocycles. The summed E-state index contributed by atoms with van der Waals surface area (Å²) in [5.41, 5.74) is 3.03. The highest BCUT2D eigenvalue weighted by Crippen LogP contribution is 2.23. The van der Waals surface area contributed by atoms with E-state index in [0.717, 1.165) is 30.6 Å². The van der Waals surface area contributed by atoms with E-state index < -0.39 is 0 Å². The molecule has 1 amide bonds. The number of amides is 1. The van der Waals surface area contributed by atoms with E-state index in [1.807, 2.05) is 48.5 Å². The number of nitrogens with zero attached hydrogens (tertiary/aromatic N) is 2. The van der Waals surface area contributed by atoms with Gasteiger partial charge in [-0.25, -0.2) is 4.98 Å². The number of carbonyl (C=O) groups excluding carboxylic acids is 1. The highest BCUT2D eigenvalue weighted by Gasteiger charge is 2.14. The lowest BCUT2D eigenvalue weighted by Gasteiger charge is -2.16. The zero-order valence-corrected chi connectivity index (χ0v) is 19.7. The first kappa shape index (κ1) is 23.1. The minimum absolute atomic E-state index is 0.0434. The summed E-state index contributed by atoms with van der Waals surface area (Å²) in [5, 5.41) is 4.14. The van der Waals surface area contributed by atoms with Crippen LogP contribution in [0.3, 0.4) is 0 Å². The van der Waals surface area contributed by atoms with Crippen LogP contribution in [-0.2, 0) is 17.9 Å². The zero-order valence-electron chi connectivity index (χ0n) is 18.9. The molecule has 6 nitrogen and oxygen atoms in total. The molecule has 0 atom stereocenters. The Labute approximate surface area is 198 Å². The number of fused-ring (bicyclic) bond motifs is 1. The van der Waals surface area contributed by atoms with Crippen LogP contribution in [0.15, 0.2) is 70.1 Å². The number of allylic oxidation sites excluding steroid dienone is 2. The molecule has 0 bridgehead atoms. The number of para-hydroxylation sites is 1. The molecule has 3 aromatic rings. The fourth-order valence-corrected chi connectivity index (χ4v) is 4.82. The largest absolute Gasteiger partial charge is 0.497 e. The Kier molecular flexibility index (Phi) is 7.83. The van der Waals surface area contributed by atoms with Crippen LogP contribution in [0.4, 0.5) is 0 Å². The molecule has 0 radical (unpaired) electrons. The third-order valence-corrected chi connectivity index (χ3v) is 6.83. The average molecular weight is 464 g/mol. The SMILES string of the molecule is COc1ccc(CNC(=O)CSc2nc3ccccc3c(=O)n2CCC2=CCCCC2)cc1. The molecule has 0 fully saturated rings. The van der Waals surface area contributed by atoms with E-state index in [4.69, 9.17) is 9.72 Å². The van der Waals surface area contributed by atoms with Crippen molar-refractivity contribution in [2.75, 3.05) is 12.9 Å². The molecule has 0 aliphatic heterocycles. The number of aromatic nitrogens is 2. The maximum absolute atomic E-state index is 13.2. The summed E-state index contributed by atoms with van der Waals surface area (Å²) >= 11 is 1.31. The number of nitrogens with one attached hydrogen (secondary N) is 1. The van der Waals surface area contributed by atoms with Gasteiger partial charge in [0.15, 0.2) is 5.16 Å². The van der Waals surface area contributed by atoms with Crippen LogP contribution in [0.2, 0.25) is 0 Å². The van der Waals surface area contributed by atoms with Crippen LogP contribution in [0, 0.1) is 0 Å². The predicted molar refractivity (Wildman–Crippen MR) is 133 cm³/mol. The zero-order chi connectivity index (χ0) is 23.0. The minimum atomic E-state index is -0.0974. The van der Waals surface area contributed by atoms with Crippen LogP contribution in [0.1, 0.15) is 37.7 Å². The van der Waals surface area contributed by atoms with Gasteiger partial charge in [-0.15, -0.1) is 0 Å². The second-order valence-corrected chi connectivity index (χ2v) is 9.08. The standard InChI is InChI=1S/C26H29N3O3S/c1-32-21-13-11-20(12-14-21)17-27-24(30)18-33-26-28-23-10-6-5-9-22(23)25(31)29(26)16-15-19-7-3-2-4-8-19/h5-7,9-14H,2-4,8,15-18H2,1H3,(H,27,30). The third-order valence-electron chi connectivity index (χ3n) is 5.85. The second-order valence-electron chi connectivity index (χ2n) is 8.14. The summed E-state index contributed by atoms with van der Waals surface area (Å²) in [7, 11) is 1.63. The molecule has 172 valence electrons. The van der Waals surface area contributed by atoms with Gasteiger partial charge in [-0.1, -0.05) is 47.7 Å². The molecule has 0 spiro atoms. The third kappa shape index (κ3) is 6.05. The first-order valence-corrected chi connectivity index (χ1v) is 12.3. The Bertz CT molecular complexity index is 1200. The Morgan fingerprint density at radius 2 is 1.97 bits per heavy atom. The number of hydrogen-bond donors (Lipinski definition) is 1. The van der Waals surface area contributed by atoms with Crippen LogP contribution >= 0.6 is 11.8 Å². The van der Waals surface area contributed by atoms with Crippen molar-refractivity contribution in [3.8, 4) is 5.75 Å². The highest BCUT2D eigenvalue weighted by molar-refractivity contribution is 7.99. The molecule has 1 aromatic heterocycles. The van der Waals surface area contributed by atoms with E-state index >= 15 is 0 Å². The quantitative estimate of drug-likeness (QED) is 0.283.